The van der Waals surface area contributed by atoms with Gasteiger partial charge in [0.15, 0.2) is 0 Å². The minimum Gasteiger partial charge on any atom is -0.435 e. The van der Waals surface area contributed by atoms with Crippen molar-refractivity contribution >= 4 is 12.1 Å². The molecule has 0 aliphatic carbocycles. The quantitative estimate of drug-likeness (QED) is 0.751. The third-order valence-corrected chi connectivity index (χ3v) is 2.62. The van der Waals surface area contributed by atoms with Gasteiger partial charge in [0.25, 0.3) is 6.35 Å². The zero-order chi connectivity index (χ0) is 11.7. The molecule has 0 spiro atoms. The van der Waals surface area contributed by atoms with Crippen LogP contribution in [0.4, 0.5) is 0 Å². The maximum atomic E-state index is 10.3. The number of benzene rings is 1. The summed E-state index contributed by atoms with van der Waals surface area (Å²) in [4.78, 5) is 12.1. The van der Waals surface area contributed by atoms with Crippen LogP contribution in [-0.2, 0) is 9.53 Å². The van der Waals surface area contributed by atoms with Crippen LogP contribution >= 0.6 is 0 Å². The topological polar surface area (TPSA) is 53.6 Å². The molecular weight excluding hydrogens is 218 g/mol. The Morgan fingerprint density at radius 1 is 1.29 bits per heavy atom. The number of ether oxygens (including phenoxy) is 1. The molecule has 0 bridgehead atoms. The Morgan fingerprint density at radius 3 is 2.82 bits per heavy atom. The first-order valence-electron chi connectivity index (χ1n) is 5.27. The van der Waals surface area contributed by atoms with Crippen molar-refractivity contribution in [3.05, 3.63) is 54.2 Å². The lowest BCUT2D eigenvalue weighted by molar-refractivity contribution is -0.109. The Morgan fingerprint density at radius 2 is 2.12 bits per heavy atom. The van der Waals surface area contributed by atoms with Gasteiger partial charge in [-0.05, 0) is 5.56 Å². The molecule has 5 nitrogen and oxygen atoms in total. The van der Waals surface area contributed by atoms with Gasteiger partial charge < -0.3 is 10.1 Å². The van der Waals surface area contributed by atoms with Crippen LogP contribution in [-0.4, -0.2) is 17.7 Å². The van der Waals surface area contributed by atoms with Crippen molar-refractivity contribution in [2.24, 2.45) is 0 Å². The fourth-order valence-corrected chi connectivity index (χ4v) is 1.85. The monoisotopic (exact) mass is 229 g/mol. The van der Waals surface area contributed by atoms with E-state index in [2.05, 4.69) is 10.6 Å². The van der Waals surface area contributed by atoms with Crippen LogP contribution in [0.3, 0.4) is 0 Å². The van der Waals surface area contributed by atoms with Crippen LogP contribution < -0.4 is 10.6 Å². The number of carbonyl (C=O) groups is 1. The van der Waals surface area contributed by atoms with Crippen molar-refractivity contribution in [1.82, 2.24) is 15.5 Å². The van der Waals surface area contributed by atoms with Crippen molar-refractivity contribution in [1.29, 1.82) is 0 Å². The third-order valence-electron chi connectivity index (χ3n) is 2.62. The molecular formula is C12H11N3O2. The van der Waals surface area contributed by atoms with Gasteiger partial charge in [-0.1, -0.05) is 30.3 Å². The SMILES string of the molecule is O=CNC1=CN2C=C(c3ccccc3)NC2O1. The molecule has 86 valence electrons. The van der Waals surface area contributed by atoms with E-state index in [-0.39, 0.29) is 6.35 Å². The second kappa shape index (κ2) is 3.86. The van der Waals surface area contributed by atoms with E-state index >= 15 is 0 Å². The molecule has 2 aliphatic heterocycles. The molecule has 0 saturated carbocycles. The molecule has 17 heavy (non-hydrogen) atoms. The fourth-order valence-electron chi connectivity index (χ4n) is 1.85. The van der Waals surface area contributed by atoms with Crippen LogP contribution in [0, 0.1) is 0 Å². The number of fused-ring (bicyclic) bond motifs is 1. The zero-order valence-corrected chi connectivity index (χ0v) is 8.96. The van der Waals surface area contributed by atoms with Crippen LogP contribution in [0.25, 0.3) is 5.70 Å². The summed E-state index contributed by atoms with van der Waals surface area (Å²) in [5, 5.41) is 5.69. The summed E-state index contributed by atoms with van der Waals surface area (Å²) in [5.74, 6) is 0.445. The third kappa shape index (κ3) is 1.71. The van der Waals surface area contributed by atoms with Gasteiger partial charge in [-0.15, -0.1) is 0 Å². The van der Waals surface area contributed by atoms with Gasteiger partial charge in [0.2, 0.25) is 12.3 Å². The summed E-state index contributed by atoms with van der Waals surface area (Å²) in [5.41, 5.74) is 2.10. The van der Waals surface area contributed by atoms with Crippen LogP contribution in [0.2, 0.25) is 0 Å². The van der Waals surface area contributed by atoms with Crippen molar-refractivity contribution in [3.63, 3.8) is 0 Å². The molecule has 1 unspecified atom stereocenters. The highest BCUT2D eigenvalue weighted by Gasteiger charge is 2.30. The first-order chi connectivity index (χ1) is 8.36. The van der Waals surface area contributed by atoms with E-state index in [9.17, 15) is 4.79 Å². The molecule has 1 aromatic carbocycles. The highest BCUT2D eigenvalue weighted by atomic mass is 16.5. The average molecular weight is 229 g/mol. The Balaban J connectivity index is 1.81. The van der Waals surface area contributed by atoms with Gasteiger partial charge in [0.1, 0.15) is 0 Å². The lowest BCUT2D eigenvalue weighted by Crippen LogP contribution is -2.31. The first kappa shape index (κ1) is 9.77. The normalized spacial score (nSPS) is 20.9. The minimum absolute atomic E-state index is 0.271. The number of hydrogen-bond donors (Lipinski definition) is 2. The zero-order valence-electron chi connectivity index (χ0n) is 8.96. The molecule has 0 radical (unpaired) electrons. The molecule has 1 atom stereocenters. The Labute approximate surface area is 98.4 Å². The van der Waals surface area contributed by atoms with E-state index in [0.29, 0.717) is 12.3 Å². The lowest BCUT2D eigenvalue weighted by Gasteiger charge is -2.14. The molecule has 2 heterocycles. The second-order valence-corrected chi connectivity index (χ2v) is 3.73. The maximum Gasteiger partial charge on any atom is 0.256 e. The van der Waals surface area contributed by atoms with Gasteiger partial charge in [0, 0.05) is 6.20 Å². The highest BCUT2D eigenvalue weighted by Crippen LogP contribution is 2.26. The molecule has 1 amide bonds. The molecule has 5 heteroatoms. The van der Waals surface area contributed by atoms with E-state index in [1.165, 1.54) is 0 Å². The summed E-state index contributed by atoms with van der Waals surface area (Å²) in [6.07, 6.45) is 4.00. The smallest absolute Gasteiger partial charge is 0.256 e. The Kier molecular flexibility index (Phi) is 2.22. The van der Waals surface area contributed by atoms with Crippen molar-refractivity contribution in [2.45, 2.75) is 6.35 Å². The predicted molar refractivity (Wildman–Crippen MR) is 61.5 cm³/mol. The summed E-state index contributed by atoms with van der Waals surface area (Å²) in [6.45, 7) is 0. The lowest BCUT2D eigenvalue weighted by atomic mass is 10.2. The van der Waals surface area contributed by atoms with E-state index in [1.807, 2.05) is 41.4 Å². The van der Waals surface area contributed by atoms with Gasteiger partial charge >= 0.3 is 0 Å². The van der Waals surface area contributed by atoms with Crippen LogP contribution in [0.1, 0.15) is 5.56 Å². The molecule has 0 aromatic heterocycles. The van der Waals surface area contributed by atoms with E-state index in [0.717, 1.165) is 11.3 Å². The summed E-state index contributed by atoms with van der Waals surface area (Å²) in [7, 11) is 0. The maximum absolute atomic E-state index is 10.3. The average Bonchev–Trinajstić information content (AvgIpc) is 2.88. The van der Waals surface area contributed by atoms with Crippen LogP contribution in [0.15, 0.2) is 48.6 Å². The molecule has 0 fully saturated rings. The minimum atomic E-state index is -0.271. The standard InChI is InChI=1S/C12H11N3O2/c16-8-13-11-7-15-6-10(14-12(15)17-11)9-4-2-1-3-5-9/h1-8,12,14H,(H,13,16). The van der Waals surface area contributed by atoms with Crippen molar-refractivity contribution in [2.75, 3.05) is 0 Å². The number of hydrogen-bond acceptors (Lipinski definition) is 4. The van der Waals surface area contributed by atoms with E-state index < -0.39 is 0 Å². The second-order valence-electron chi connectivity index (χ2n) is 3.73. The molecule has 1 aromatic rings. The Hall–Kier alpha value is -2.43. The van der Waals surface area contributed by atoms with E-state index in [1.54, 1.807) is 6.20 Å². The van der Waals surface area contributed by atoms with Gasteiger partial charge in [0.05, 0.1) is 11.9 Å². The summed E-state index contributed by atoms with van der Waals surface area (Å²) >= 11 is 0. The highest BCUT2D eigenvalue weighted by molar-refractivity contribution is 5.65. The number of nitrogens with one attached hydrogen (secondary N) is 2. The Bertz CT molecular complexity index is 496. The predicted octanol–water partition coefficient (Wildman–Crippen LogP) is 0.749. The van der Waals surface area contributed by atoms with Gasteiger partial charge in [-0.3, -0.25) is 15.0 Å². The summed E-state index contributed by atoms with van der Waals surface area (Å²) in [6, 6.07) is 9.99. The van der Waals surface area contributed by atoms with Crippen LogP contribution in [0.5, 0.6) is 0 Å². The fraction of sp³-hybridized carbons (Fsp3) is 0.0833. The largest absolute Gasteiger partial charge is 0.435 e. The number of carbonyl (C=O) groups excluding carboxylic acids is 1. The van der Waals surface area contributed by atoms with Crippen molar-refractivity contribution in [3.8, 4) is 0 Å². The van der Waals surface area contributed by atoms with Gasteiger partial charge in [-0.2, -0.15) is 0 Å². The van der Waals surface area contributed by atoms with E-state index in [4.69, 9.17) is 4.74 Å². The van der Waals surface area contributed by atoms with Crippen molar-refractivity contribution < 1.29 is 9.53 Å². The molecule has 3 rings (SSSR count). The first-order valence-corrected chi connectivity index (χ1v) is 5.27. The molecule has 2 N–H and O–H groups in total. The number of nitrogens with zero attached hydrogens (tertiary/aromatic N) is 1. The summed E-state index contributed by atoms with van der Waals surface area (Å²) < 4.78 is 5.46. The molecule has 0 saturated heterocycles. The van der Waals surface area contributed by atoms with Gasteiger partial charge in [-0.25, -0.2) is 0 Å². The number of rotatable bonds is 3. The molecule has 2 aliphatic rings. The number of amides is 1.